The molecule has 1 N–H and O–H groups in total. The fraction of sp³-hybridized carbons (Fsp3) is 0.111. The van der Waals surface area contributed by atoms with E-state index in [0.717, 1.165) is 11.8 Å². The van der Waals surface area contributed by atoms with Crippen molar-refractivity contribution < 1.29 is 17.6 Å². The molecule has 4 rings (SSSR count). The number of para-hydroxylation sites is 2. The predicted molar refractivity (Wildman–Crippen MR) is 104 cm³/mol. The Morgan fingerprint density at radius 3 is 2.54 bits per heavy atom. The summed E-state index contributed by atoms with van der Waals surface area (Å²) in [7, 11) is -3.30. The molecule has 8 nitrogen and oxygen atoms in total. The number of imidazole rings is 1. The van der Waals surface area contributed by atoms with Crippen LogP contribution in [0.2, 0.25) is 0 Å². The fourth-order valence-corrected chi connectivity index (χ4v) is 3.62. The second-order valence-corrected chi connectivity index (χ2v) is 8.53. The second-order valence-electron chi connectivity index (χ2n) is 6.15. The van der Waals surface area contributed by atoms with Crippen molar-refractivity contribution in [1.29, 1.82) is 0 Å². The number of Topliss-reactive ketones (excluding diaryl/α,β-unsaturated/α-hetero) is 1. The molecule has 0 spiro atoms. The van der Waals surface area contributed by atoms with E-state index in [-0.39, 0.29) is 28.0 Å². The van der Waals surface area contributed by atoms with Crippen molar-refractivity contribution in [2.75, 3.05) is 6.26 Å². The lowest BCUT2D eigenvalue weighted by Gasteiger charge is -2.08. The monoisotopic (exact) mass is 414 g/mol. The number of aromatic nitrogens is 4. The molecule has 0 aliphatic rings. The number of fused-ring (bicyclic) bond motifs is 1. The van der Waals surface area contributed by atoms with Crippen molar-refractivity contribution in [2.24, 2.45) is 0 Å². The Bertz CT molecular complexity index is 1350. The molecular formula is C18H14N4O4S2. The van der Waals surface area contributed by atoms with Crippen LogP contribution in [0.5, 0.6) is 0 Å². The van der Waals surface area contributed by atoms with Gasteiger partial charge in [0.1, 0.15) is 5.82 Å². The van der Waals surface area contributed by atoms with Crippen molar-refractivity contribution in [1.82, 2.24) is 19.7 Å². The molecule has 0 amide bonds. The Morgan fingerprint density at radius 1 is 1.18 bits per heavy atom. The maximum atomic E-state index is 12.6. The molecule has 0 aliphatic carbocycles. The number of carbonyl (C=O) groups is 1. The van der Waals surface area contributed by atoms with E-state index in [0.29, 0.717) is 16.9 Å². The van der Waals surface area contributed by atoms with E-state index in [4.69, 9.17) is 16.6 Å². The van der Waals surface area contributed by atoms with E-state index < -0.39 is 9.84 Å². The highest BCUT2D eigenvalue weighted by Gasteiger charge is 2.19. The largest absolute Gasteiger partial charge is 0.406 e. The molecule has 0 unspecified atom stereocenters. The molecule has 2 aromatic heterocycles. The predicted octanol–water partition coefficient (Wildman–Crippen LogP) is 3.04. The Balaban J connectivity index is 1.81. The maximum Gasteiger partial charge on any atom is 0.284 e. The third kappa shape index (κ3) is 3.39. The zero-order chi connectivity index (χ0) is 19.9. The van der Waals surface area contributed by atoms with E-state index in [9.17, 15) is 13.2 Å². The summed E-state index contributed by atoms with van der Waals surface area (Å²) in [5.74, 6) is 0.0504. The SMILES string of the molecule is CS(=O)(=O)c1ccc(-c2nc3ccccc3n2CC(=O)c2n[nH]c(=S)o2)cc1. The molecule has 4 aromatic rings. The second kappa shape index (κ2) is 6.80. The first kappa shape index (κ1) is 18.3. The van der Waals surface area contributed by atoms with Crippen LogP contribution in [0.3, 0.4) is 0 Å². The van der Waals surface area contributed by atoms with E-state index in [1.807, 2.05) is 24.3 Å². The normalized spacial score (nSPS) is 11.8. The molecule has 10 heteroatoms. The summed E-state index contributed by atoms with van der Waals surface area (Å²) in [5, 5.41) is 6.20. The van der Waals surface area contributed by atoms with Gasteiger partial charge in [-0.3, -0.25) is 4.79 Å². The summed E-state index contributed by atoms with van der Waals surface area (Å²) in [5.41, 5.74) is 2.15. The summed E-state index contributed by atoms with van der Waals surface area (Å²) < 4.78 is 30.2. The Hall–Kier alpha value is -3.11. The summed E-state index contributed by atoms with van der Waals surface area (Å²) in [6, 6.07) is 13.8. The molecule has 28 heavy (non-hydrogen) atoms. The number of H-pyrrole nitrogens is 1. The minimum atomic E-state index is -3.30. The van der Waals surface area contributed by atoms with Crippen molar-refractivity contribution >= 4 is 38.9 Å². The van der Waals surface area contributed by atoms with Gasteiger partial charge in [-0.05, 0) is 48.6 Å². The van der Waals surface area contributed by atoms with Crippen LogP contribution in [0.4, 0.5) is 0 Å². The highest BCUT2D eigenvalue weighted by atomic mass is 32.2. The number of hydrogen-bond acceptors (Lipinski definition) is 7. The van der Waals surface area contributed by atoms with Crippen LogP contribution in [0.15, 0.2) is 57.8 Å². The van der Waals surface area contributed by atoms with Gasteiger partial charge in [-0.1, -0.05) is 12.1 Å². The van der Waals surface area contributed by atoms with Gasteiger partial charge in [-0.2, -0.15) is 0 Å². The lowest BCUT2D eigenvalue weighted by atomic mass is 10.2. The lowest BCUT2D eigenvalue weighted by Crippen LogP contribution is -2.12. The maximum absolute atomic E-state index is 12.6. The van der Waals surface area contributed by atoms with Crippen LogP contribution < -0.4 is 0 Å². The van der Waals surface area contributed by atoms with E-state index in [2.05, 4.69) is 15.2 Å². The zero-order valence-electron chi connectivity index (χ0n) is 14.6. The third-order valence-corrected chi connectivity index (χ3v) is 5.48. The van der Waals surface area contributed by atoms with Crippen LogP contribution in [-0.2, 0) is 16.4 Å². The quantitative estimate of drug-likeness (QED) is 0.395. The molecule has 0 saturated heterocycles. The number of rotatable bonds is 5. The molecule has 142 valence electrons. The number of sulfone groups is 1. The summed E-state index contributed by atoms with van der Waals surface area (Å²) in [6.45, 7) is -0.0627. The van der Waals surface area contributed by atoms with Crippen molar-refractivity contribution in [2.45, 2.75) is 11.4 Å². The summed E-state index contributed by atoms with van der Waals surface area (Å²) in [6.07, 6.45) is 1.15. The summed E-state index contributed by atoms with van der Waals surface area (Å²) >= 11 is 4.82. The minimum absolute atomic E-state index is 0.0235. The Morgan fingerprint density at radius 2 is 1.89 bits per heavy atom. The van der Waals surface area contributed by atoms with Crippen molar-refractivity contribution in [3.63, 3.8) is 0 Å². The standard InChI is InChI=1S/C18H14N4O4S2/c1-28(24,25)12-8-6-11(7-9-12)16-19-13-4-2-3-5-14(13)22(16)10-15(23)17-20-21-18(27)26-17/h2-9H,10H2,1H3,(H,21,27). The third-order valence-electron chi connectivity index (χ3n) is 4.17. The van der Waals surface area contributed by atoms with Gasteiger partial charge in [-0.25, -0.2) is 18.5 Å². The van der Waals surface area contributed by atoms with Crippen molar-refractivity contribution in [3.8, 4) is 11.4 Å². The van der Waals surface area contributed by atoms with Crippen LogP contribution in [0.1, 0.15) is 10.7 Å². The number of benzene rings is 2. The van der Waals surface area contributed by atoms with E-state index in [1.54, 1.807) is 16.7 Å². The molecule has 2 heterocycles. The molecule has 0 bridgehead atoms. The summed E-state index contributed by atoms with van der Waals surface area (Å²) in [4.78, 5) is 17.4. The van der Waals surface area contributed by atoms with Gasteiger partial charge in [0.15, 0.2) is 9.84 Å². The zero-order valence-corrected chi connectivity index (χ0v) is 16.3. The molecule has 0 saturated carbocycles. The molecule has 0 aliphatic heterocycles. The number of carbonyl (C=O) groups excluding carboxylic acids is 1. The first-order valence-corrected chi connectivity index (χ1v) is 10.5. The lowest BCUT2D eigenvalue weighted by molar-refractivity contribution is 0.0939. The van der Waals surface area contributed by atoms with Gasteiger partial charge in [0.05, 0.1) is 22.5 Å². The van der Waals surface area contributed by atoms with Gasteiger partial charge in [0.2, 0.25) is 5.78 Å². The topological polar surface area (TPSA) is 111 Å². The molecule has 2 aromatic carbocycles. The average molecular weight is 414 g/mol. The first-order valence-electron chi connectivity index (χ1n) is 8.17. The average Bonchev–Trinajstić information content (AvgIpc) is 3.25. The molecule has 0 radical (unpaired) electrons. The van der Waals surface area contributed by atoms with Crippen LogP contribution in [0, 0.1) is 4.84 Å². The Labute approximate surface area is 164 Å². The number of nitrogens with zero attached hydrogens (tertiary/aromatic N) is 3. The fourth-order valence-electron chi connectivity index (χ4n) is 2.87. The van der Waals surface area contributed by atoms with E-state index in [1.165, 1.54) is 12.1 Å². The smallest absolute Gasteiger partial charge is 0.284 e. The number of nitrogens with one attached hydrogen (secondary N) is 1. The molecular weight excluding hydrogens is 400 g/mol. The highest BCUT2D eigenvalue weighted by Crippen LogP contribution is 2.26. The van der Waals surface area contributed by atoms with Gasteiger partial charge >= 0.3 is 0 Å². The molecule has 0 atom stereocenters. The number of ketones is 1. The van der Waals surface area contributed by atoms with Gasteiger partial charge in [-0.15, -0.1) is 5.10 Å². The minimum Gasteiger partial charge on any atom is -0.406 e. The van der Waals surface area contributed by atoms with Crippen LogP contribution >= 0.6 is 12.2 Å². The van der Waals surface area contributed by atoms with Gasteiger partial charge in [0.25, 0.3) is 10.7 Å². The Kier molecular flexibility index (Phi) is 4.44. The van der Waals surface area contributed by atoms with Crippen molar-refractivity contribution in [3.05, 3.63) is 59.3 Å². The highest BCUT2D eigenvalue weighted by molar-refractivity contribution is 7.90. The first-order chi connectivity index (χ1) is 13.3. The van der Waals surface area contributed by atoms with Gasteiger partial charge in [0, 0.05) is 11.8 Å². The van der Waals surface area contributed by atoms with Crippen LogP contribution in [-0.4, -0.2) is 40.2 Å². The van der Waals surface area contributed by atoms with E-state index >= 15 is 0 Å². The molecule has 0 fully saturated rings. The number of hydrogen-bond donors (Lipinski definition) is 1. The number of aromatic amines is 1. The van der Waals surface area contributed by atoms with Crippen LogP contribution in [0.25, 0.3) is 22.4 Å². The van der Waals surface area contributed by atoms with Gasteiger partial charge < -0.3 is 8.98 Å².